The summed E-state index contributed by atoms with van der Waals surface area (Å²) in [6, 6.07) is 2.27. The molecule has 1 amide bonds. The summed E-state index contributed by atoms with van der Waals surface area (Å²) < 4.78 is 1.79. The van der Waals surface area contributed by atoms with Gasteiger partial charge in [-0.3, -0.25) is 4.79 Å². The molecule has 1 aliphatic carbocycles. The minimum atomic E-state index is 0.0454. The molecule has 0 bridgehead atoms. The van der Waals surface area contributed by atoms with Crippen LogP contribution in [0.15, 0.2) is 30.9 Å². The number of nitrogens with one attached hydrogen (secondary N) is 1. The maximum absolute atomic E-state index is 12.5. The number of carbonyl (C=O) groups is 1. The minimum Gasteiger partial charge on any atom is -0.351 e. The van der Waals surface area contributed by atoms with Crippen LogP contribution >= 0.6 is 0 Å². The second-order valence-electron chi connectivity index (χ2n) is 6.98. The van der Waals surface area contributed by atoms with Crippen LogP contribution in [0.2, 0.25) is 0 Å². The molecular weight excluding hydrogens is 304 g/mol. The highest BCUT2D eigenvalue weighted by molar-refractivity contribution is 5.90. The molecule has 2 aliphatic rings. The molecule has 0 aromatic carbocycles. The van der Waals surface area contributed by atoms with Crippen LogP contribution in [0.1, 0.15) is 36.3 Å². The molecule has 2 aromatic heterocycles. The van der Waals surface area contributed by atoms with E-state index in [-0.39, 0.29) is 5.91 Å². The van der Waals surface area contributed by atoms with Crippen molar-refractivity contribution >= 4 is 11.9 Å². The number of aryl methyl sites for hydroxylation is 1. The molecule has 3 heterocycles. The molecule has 0 unspecified atom stereocenters. The molecule has 7 nitrogen and oxygen atoms in total. The Bertz CT molecular complexity index is 712. The zero-order valence-corrected chi connectivity index (χ0v) is 13.9. The molecule has 24 heavy (non-hydrogen) atoms. The monoisotopic (exact) mass is 326 g/mol. The normalized spacial score (nSPS) is 20.0. The Kier molecular flexibility index (Phi) is 3.70. The number of hydrogen-bond acceptors (Lipinski definition) is 5. The van der Waals surface area contributed by atoms with Crippen LogP contribution in [0.25, 0.3) is 0 Å². The lowest BCUT2D eigenvalue weighted by Crippen LogP contribution is -2.52. The first-order chi connectivity index (χ1) is 11.7. The van der Waals surface area contributed by atoms with Crippen molar-refractivity contribution in [2.45, 2.75) is 31.7 Å². The van der Waals surface area contributed by atoms with Gasteiger partial charge in [0.1, 0.15) is 0 Å². The van der Waals surface area contributed by atoms with Crippen LogP contribution in [-0.2, 0) is 7.05 Å². The van der Waals surface area contributed by atoms with E-state index < -0.39 is 0 Å². The zero-order valence-electron chi connectivity index (χ0n) is 13.9. The first-order valence-electron chi connectivity index (χ1n) is 8.45. The van der Waals surface area contributed by atoms with Gasteiger partial charge in [0.25, 0.3) is 5.91 Å². The molecule has 1 saturated heterocycles. The Balaban J connectivity index is 1.30. The number of likely N-dealkylation sites (tertiary alicyclic amines) is 1. The molecule has 1 N–H and O–H groups in total. The summed E-state index contributed by atoms with van der Waals surface area (Å²) in [5.74, 6) is 1.28. The van der Waals surface area contributed by atoms with Crippen LogP contribution in [0, 0.1) is 5.41 Å². The number of piperidine rings is 1. The van der Waals surface area contributed by atoms with Crippen molar-refractivity contribution in [3.8, 4) is 0 Å². The maximum Gasteiger partial charge on any atom is 0.289 e. The van der Waals surface area contributed by atoms with Crippen LogP contribution in [-0.4, -0.2) is 49.5 Å². The average molecular weight is 326 g/mol. The van der Waals surface area contributed by atoms with Crippen molar-refractivity contribution in [2.75, 3.05) is 18.4 Å². The third-order valence-electron chi connectivity index (χ3n) is 5.38. The lowest BCUT2D eigenvalue weighted by Gasteiger charge is -2.52. The van der Waals surface area contributed by atoms with E-state index in [9.17, 15) is 4.79 Å². The van der Waals surface area contributed by atoms with Crippen LogP contribution < -0.4 is 5.32 Å². The molecule has 0 radical (unpaired) electrons. The third kappa shape index (κ3) is 2.74. The van der Waals surface area contributed by atoms with Gasteiger partial charge < -0.3 is 14.8 Å². The molecule has 2 fully saturated rings. The Morgan fingerprint density at radius 3 is 2.50 bits per heavy atom. The fourth-order valence-electron chi connectivity index (χ4n) is 3.95. The molecule has 1 aliphatic heterocycles. The van der Waals surface area contributed by atoms with Crippen molar-refractivity contribution in [3.63, 3.8) is 0 Å². The lowest BCUT2D eigenvalue weighted by atomic mass is 9.60. The third-order valence-corrected chi connectivity index (χ3v) is 5.38. The Labute approximate surface area is 141 Å². The lowest BCUT2D eigenvalue weighted by molar-refractivity contribution is 0.0210. The molecule has 2 aromatic rings. The van der Waals surface area contributed by atoms with E-state index in [0.29, 0.717) is 23.2 Å². The Morgan fingerprint density at radius 1 is 1.17 bits per heavy atom. The van der Waals surface area contributed by atoms with E-state index in [1.54, 1.807) is 23.2 Å². The number of aromatic nitrogens is 4. The van der Waals surface area contributed by atoms with Gasteiger partial charge in [0.05, 0.1) is 0 Å². The molecule has 0 atom stereocenters. The zero-order chi connectivity index (χ0) is 16.6. The summed E-state index contributed by atoms with van der Waals surface area (Å²) in [6.07, 6.45) is 11.4. The summed E-state index contributed by atoms with van der Waals surface area (Å²) in [5, 5.41) is 3.40. The highest BCUT2D eigenvalue weighted by Crippen LogP contribution is 2.49. The van der Waals surface area contributed by atoms with Crippen molar-refractivity contribution in [1.82, 2.24) is 24.4 Å². The number of rotatable bonds is 3. The molecule has 7 heteroatoms. The molecule has 4 rings (SSSR count). The van der Waals surface area contributed by atoms with Gasteiger partial charge in [0, 0.05) is 51.0 Å². The molecular formula is C17H22N6O. The van der Waals surface area contributed by atoms with Gasteiger partial charge in [-0.05, 0) is 37.2 Å². The van der Waals surface area contributed by atoms with E-state index in [1.807, 2.05) is 24.2 Å². The van der Waals surface area contributed by atoms with Crippen LogP contribution in [0.3, 0.4) is 0 Å². The van der Waals surface area contributed by atoms with E-state index in [4.69, 9.17) is 0 Å². The van der Waals surface area contributed by atoms with Crippen molar-refractivity contribution < 1.29 is 4.79 Å². The van der Waals surface area contributed by atoms with Gasteiger partial charge in [-0.2, -0.15) is 0 Å². The van der Waals surface area contributed by atoms with E-state index >= 15 is 0 Å². The van der Waals surface area contributed by atoms with E-state index in [2.05, 4.69) is 20.3 Å². The van der Waals surface area contributed by atoms with Crippen molar-refractivity contribution in [3.05, 3.63) is 36.7 Å². The summed E-state index contributed by atoms with van der Waals surface area (Å²) in [4.78, 5) is 27.1. The number of hydrogen-bond donors (Lipinski definition) is 1. The highest BCUT2D eigenvalue weighted by atomic mass is 16.2. The molecule has 1 saturated carbocycles. The van der Waals surface area contributed by atoms with E-state index in [0.717, 1.165) is 38.8 Å². The van der Waals surface area contributed by atoms with Crippen LogP contribution in [0.4, 0.5) is 5.95 Å². The smallest absolute Gasteiger partial charge is 0.289 e. The fourth-order valence-corrected chi connectivity index (χ4v) is 3.95. The van der Waals surface area contributed by atoms with Gasteiger partial charge in [-0.1, -0.05) is 0 Å². The molecule has 126 valence electrons. The van der Waals surface area contributed by atoms with Gasteiger partial charge >= 0.3 is 0 Å². The van der Waals surface area contributed by atoms with Gasteiger partial charge in [0.2, 0.25) is 5.95 Å². The first-order valence-corrected chi connectivity index (χ1v) is 8.45. The number of anilines is 1. The summed E-state index contributed by atoms with van der Waals surface area (Å²) in [6.45, 7) is 1.64. The SMILES string of the molecule is Cn1ccnc1C(=O)N1CCC2(CC1)CC(Nc1ncccn1)C2. The number of carbonyl (C=O) groups excluding carboxylic acids is 1. The van der Waals surface area contributed by atoms with Gasteiger partial charge in [0.15, 0.2) is 5.82 Å². The van der Waals surface area contributed by atoms with E-state index in [1.165, 1.54) is 0 Å². The Morgan fingerprint density at radius 2 is 1.88 bits per heavy atom. The van der Waals surface area contributed by atoms with Crippen molar-refractivity contribution in [2.24, 2.45) is 12.5 Å². The summed E-state index contributed by atoms with van der Waals surface area (Å²) >= 11 is 0. The summed E-state index contributed by atoms with van der Waals surface area (Å²) in [7, 11) is 1.86. The van der Waals surface area contributed by atoms with Crippen molar-refractivity contribution in [1.29, 1.82) is 0 Å². The minimum absolute atomic E-state index is 0.0454. The average Bonchev–Trinajstić information content (AvgIpc) is 3.00. The standard InChI is InChI=1S/C17H22N6O/c1-22-10-7-18-14(22)15(24)23-8-3-17(4-9-23)11-13(12-17)21-16-19-5-2-6-20-16/h2,5-7,10,13H,3-4,8-9,11-12H2,1H3,(H,19,20,21). The quantitative estimate of drug-likeness (QED) is 0.929. The first kappa shape index (κ1) is 15.1. The van der Waals surface area contributed by atoms with Gasteiger partial charge in [-0.25, -0.2) is 15.0 Å². The number of imidazole rings is 1. The highest BCUT2D eigenvalue weighted by Gasteiger charge is 2.46. The largest absolute Gasteiger partial charge is 0.351 e. The Hall–Kier alpha value is -2.44. The second-order valence-corrected chi connectivity index (χ2v) is 6.98. The maximum atomic E-state index is 12.5. The summed E-state index contributed by atoms with van der Waals surface area (Å²) in [5.41, 5.74) is 0.380. The second kappa shape index (κ2) is 5.89. The van der Waals surface area contributed by atoms with Crippen LogP contribution in [0.5, 0.6) is 0 Å². The number of nitrogens with zero attached hydrogens (tertiary/aromatic N) is 5. The predicted octanol–water partition coefficient (Wildman–Crippen LogP) is 1.71. The topological polar surface area (TPSA) is 75.9 Å². The van der Waals surface area contributed by atoms with Gasteiger partial charge in [-0.15, -0.1) is 0 Å². The molecule has 1 spiro atoms. The number of amides is 1. The predicted molar refractivity (Wildman–Crippen MR) is 89.5 cm³/mol. The fraction of sp³-hybridized carbons (Fsp3) is 0.529.